The summed E-state index contributed by atoms with van der Waals surface area (Å²) in [6.45, 7) is 2.77. The van der Waals surface area contributed by atoms with Gasteiger partial charge in [-0.15, -0.1) is 0 Å². The van der Waals surface area contributed by atoms with E-state index in [4.69, 9.17) is 9.47 Å². The van der Waals surface area contributed by atoms with E-state index in [1.807, 2.05) is 48.5 Å². The average molecular weight is 461 g/mol. The molecule has 2 amide bonds. The molecule has 1 unspecified atom stereocenters. The van der Waals surface area contributed by atoms with Crippen LogP contribution in [0.4, 0.5) is 11.5 Å². The van der Waals surface area contributed by atoms with E-state index in [2.05, 4.69) is 10.3 Å². The van der Waals surface area contributed by atoms with Crippen LogP contribution in [-0.2, 0) is 4.79 Å². The minimum atomic E-state index is -0.308. The van der Waals surface area contributed by atoms with Crippen LogP contribution in [0.3, 0.4) is 0 Å². The van der Waals surface area contributed by atoms with E-state index in [1.54, 1.807) is 49.3 Å². The van der Waals surface area contributed by atoms with Gasteiger partial charge in [0.2, 0.25) is 5.91 Å². The number of ether oxygens (including phenoxy) is 2. The van der Waals surface area contributed by atoms with Gasteiger partial charge in [-0.25, -0.2) is 4.98 Å². The first-order valence-electron chi connectivity index (χ1n) is 11.1. The number of amides is 2. The van der Waals surface area contributed by atoms with Crippen molar-refractivity contribution in [3.8, 4) is 11.5 Å². The molecule has 34 heavy (non-hydrogen) atoms. The van der Waals surface area contributed by atoms with Gasteiger partial charge in [-0.3, -0.25) is 9.59 Å². The molecular formula is C26H28N4O4. The maximum absolute atomic E-state index is 13.6. The molecule has 8 nitrogen and oxygen atoms in total. The third-order valence-corrected chi connectivity index (χ3v) is 5.94. The van der Waals surface area contributed by atoms with Gasteiger partial charge in [0.25, 0.3) is 5.91 Å². The number of benzene rings is 2. The molecule has 0 aliphatic carbocycles. The number of nitrogens with one attached hydrogen (secondary N) is 1. The van der Waals surface area contributed by atoms with Gasteiger partial charge in [0.1, 0.15) is 17.3 Å². The fraction of sp³-hybridized carbons (Fsp3) is 0.269. The van der Waals surface area contributed by atoms with E-state index >= 15 is 0 Å². The molecule has 1 aliphatic rings. The van der Waals surface area contributed by atoms with Gasteiger partial charge in [-0.05, 0) is 30.3 Å². The number of pyridine rings is 1. The van der Waals surface area contributed by atoms with E-state index in [9.17, 15) is 9.59 Å². The Morgan fingerprint density at radius 2 is 1.82 bits per heavy atom. The highest BCUT2D eigenvalue weighted by atomic mass is 16.5. The predicted molar refractivity (Wildman–Crippen MR) is 130 cm³/mol. The van der Waals surface area contributed by atoms with Crippen LogP contribution in [0.5, 0.6) is 11.5 Å². The standard InChI is InChI=1S/C26H28N4O4/c1-18(31)30-15-14-29(17-23(30)21-10-4-5-12-24(21)34-3)26(32)22-11-7-13-27-25(22)28-19-8-6-9-20(16-19)33-2/h4-13,16,23H,14-15,17H2,1-3H3,(H,27,28). The lowest BCUT2D eigenvalue weighted by Crippen LogP contribution is -2.52. The summed E-state index contributed by atoms with van der Waals surface area (Å²) < 4.78 is 10.8. The van der Waals surface area contributed by atoms with Crippen molar-refractivity contribution in [3.63, 3.8) is 0 Å². The summed E-state index contributed by atoms with van der Waals surface area (Å²) in [5, 5.41) is 3.23. The van der Waals surface area contributed by atoms with Crippen molar-refractivity contribution in [1.82, 2.24) is 14.8 Å². The lowest BCUT2D eigenvalue weighted by atomic mass is 10.0. The molecule has 176 valence electrons. The molecule has 1 atom stereocenters. The number of anilines is 2. The van der Waals surface area contributed by atoms with Crippen LogP contribution in [0.2, 0.25) is 0 Å². The number of piperazine rings is 1. The molecule has 1 saturated heterocycles. The van der Waals surface area contributed by atoms with E-state index in [-0.39, 0.29) is 17.9 Å². The Labute approximate surface area is 199 Å². The quantitative estimate of drug-likeness (QED) is 0.601. The molecule has 2 heterocycles. The molecular weight excluding hydrogens is 432 g/mol. The second-order valence-electron chi connectivity index (χ2n) is 7.98. The minimum absolute atomic E-state index is 0.0373. The molecule has 0 radical (unpaired) electrons. The number of aromatic nitrogens is 1. The highest BCUT2D eigenvalue weighted by molar-refractivity contribution is 5.99. The summed E-state index contributed by atoms with van der Waals surface area (Å²) in [7, 11) is 3.21. The second kappa shape index (κ2) is 10.2. The molecule has 3 aromatic rings. The molecule has 1 aliphatic heterocycles. The molecule has 0 saturated carbocycles. The van der Waals surface area contributed by atoms with Gasteiger partial charge in [-0.2, -0.15) is 0 Å². The van der Waals surface area contributed by atoms with Gasteiger partial charge < -0.3 is 24.6 Å². The maximum Gasteiger partial charge on any atom is 0.257 e. The predicted octanol–water partition coefficient (Wildman–Crippen LogP) is 3.89. The van der Waals surface area contributed by atoms with Gasteiger partial charge >= 0.3 is 0 Å². The fourth-order valence-electron chi connectivity index (χ4n) is 4.24. The summed E-state index contributed by atoms with van der Waals surface area (Å²) in [4.78, 5) is 34.0. The smallest absolute Gasteiger partial charge is 0.257 e. The zero-order chi connectivity index (χ0) is 24.1. The Kier molecular flexibility index (Phi) is 6.96. The fourth-order valence-corrected chi connectivity index (χ4v) is 4.24. The molecule has 4 rings (SSSR count). The number of hydrogen-bond donors (Lipinski definition) is 1. The first kappa shape index (κ1) is 23.1. The molecule has 2 aromatic carbocycles. The van der Waals surface area contributed by atoms with Crippen molar-refractivity contribution in [2.24, 2.45) is 0 Å². The van der Waals surface area contributed by atoms with Crippen LogP contribution in [0.1, 0.15) is 28.9 Å². The highest BCUT2D eigenvalue weighted by Crippen LogP contribution is 2.33. The number of para-hydroxylation sites is 1. The zero-order valence-electron chi connectivity index (χ0n) is 19.5. The van der Waals surface area contributed by atoms with E-state index in [1.165, 1.54) is 0 Å². The molecule has 8 heteroatoms. The van der Waals surface area contributed by atoms with Gasteiger partial charge in [0.15, 0.2) is 0 Å². The first-order valence-corrected chi connectivity index (χ1v) is 11.1. The summed E-state index contributed by atoms with van der Waals surface area (Å²) in [5.41, 5.74) is 2.10. The van der Waals surface area contributed by atoms with Crippen molar-refractivity contribution in [2.45, 2.75) is 13.0 Å². The van der Waals surface area contributed by atoms with Crippen molar-refractivity contribution in [3.05, 3.63) is 78.0 Å². The van der Waals surface area contributed by atoms with E-state index < -0.39 is 0 Å². The highest BCUT2D eigenvalue weighted by Gasteiger charge is 2.34. The molecule has 0 bridgehead atoms. The van der Waals surface area contributed by atoms with E-state index in [0.717, 1.165) is 11.3 Å². The number of methoxy groups -OCH3 is 2. The van der Waals surface area contributed by atoms with Gasteiger partial charge in [-0.1, -0.05) is 24.3 Å². The Morgan fingerprint density at radius 3 is 2.59 bits per heavy atom. The first-order chi connectivity index (χ1) is 16.5. The SMILES string of the molecule is COc1cccc(Nc2ncccc2C(=O)N2CCN(C(C)=O)C(c3ccccc3OC)C2)c1. The largest absolute Gasteiger partial charge is 0.497 e. The number of carbonyl (C=O) groups is 2. The normalized spacial score (nSPS) is 15.6. The summed E-state index contributed by atoms with van der Waals surface area (Å²) in [6.07, 6.45) is 1.64. The van der Waals surface area contributed by atoms with E-state index in [0.29, 0.717) is 42.5 Å². The molecule has 0 spiro atoms. The van der Waals surface area contributed by atoms with Gasteiger partial charge in [0.05, 0.1) is 25.8 Å². The Morgan fingerprint density at radius 1 is 1.00 bits per heavy atom. The minimum Gasteiger partial charge on any atom is -0.497 e. The lowest BCUT2D eigenvalue weighted by Gasteiger charge is -2.41. The number of carbonyl (C=O) groups excluding carboxylic acids is 2. The number of nitrogens with zero attached hydrogens (tertiary/aromatic N) is 3. The van der Waals surface area contributed by atoms with Crippen LogP contribution in [0.25, 0.3) is 0 Å². The maximum atomic E-state index is 13.6. The summed E-state index contributed by atoms with van der Waals surface area (Å²) in [5.74, 6) is 1.67. The van der Waals surface area contributed by atoms with Crippen molar-refractivity contribution >= 4 is 23.3 Å². The zero-order valence-corrected chi connectivity index (χ0v) is 19.5. The van der Waals surface area contributed by atoms with Crippen LogP contribution in [0.15, 0.2) is 66.9 Å². The Hall–Kier alpha value is -4.07. The molecule has 1 N–H and O–H groups in total. The molecule has 1 aromatic heterocycles. The monoisotopic (exact) mass is 460 g/mol. The Bertz CT molecular complexity index is 1180. The Balaban J connectivity index is 1.61. The van der Waals surface area contributed by atoms with Crippen LogP contribution >= 0.6 is 0 Å². The van der Waals surface area contributed by atoms with Crippen molar-refractivity contribution in [1.29, 1.82) is 0 Å². The third-order valence-electron chi connectivity index (χ3n) is 5.94. The van der Waals surface area contributed by atoms with Crippen LogP contribution < -0.4 is 14.8 Å². The third kappa shape index (κ3) is 4.80. The lowest BCUT2D eigenvalue weighted by molar-refractivity contribution is -0.133. The summed E-state index contributed by atoms with van der Waals surface area (Å²) in [6, 6.07) is 18.2. The van der Waals surface area contributed by atoms with Crippen LogP contribution in [0, 0.1) is 0 Å². The summed E-state index contributed by atoms with van der Waals surface area (Å²) >= 11 is 0. The van der Waals surface area contributed by atoms with Crippen molar-refractivity contribution in [2.75, 3.05) is 39.2 Å². The number of hydrogen-bond acceptors (Lipinski definition) is 6. The second-order valence-corrected chi connectivity index (χ2v) is 7.98. The molecule has 1 fully saturated rings. The average Bonchev–Trinajstić information content (AvgIpc) is 2.88. The topological polar surface area (TPSA) is 84.0 Å². The van der Waals surface area contributed by atoms with Crippen molar-refractivity contribution < 1.29 is 19.1 Å². The number of rotatable bonds is 6. The van der Waals surface area contributed by atoms with Crippen LogP contribution in [-0.4, -0.2) is 60.5 Å². The van der Waals surface area contributed by atoms with Gasteiger partial charge in [0, 0.05) is 50.1 Å².